The minimum Gasteiger partial charge on any atom is -0.493 e. The molecule has 132 valence electrons. The van der Waals surface area contributed by atoms with Crippen LogP contribution < -0.4 is 14.9 Å². The number of halogens is 1. The maximum Gasteiger partial charge on any atom is 0.162 e. The van der Waals surface area contributed by atoms with Gasteiger partial charge in [0.1, 0.15) is 6.61 Å². The van der Waals surface area contributed by atoms with E-state index in [4.69, 9.17) is 21.1 Å². The molecule has 0 radical (unpaired) electrons. The Bertz CT molecular complexity index is 865. The molecule has 0 spiro atoms. The molecule has 0 aliphatic carbocycles. The van der Waals surface area contributed by atoms with Gasteiger partial charge in [0.15, 0.2) is 11.5 Å². The van der Waals surface area contributed by atoms with Crippen molar-refractivity contribution >= 4 is 23.5 Å². The molecule has 1 N–H and O–H groups in total. The van der Waals surface area contributed by atoms with E-state index in [0.29, 0.717) is 23.1 Å². The first-order chi connectivity index (χ1) is 12.7. The van der Waals surface area contributed by atoms with Crippen LogP contribution in [0.4, 0.5) is 5.69 Å². The number of para-hydroxylation sites is 1. The minimum absolute atomic E-state index is 0.427. The van der Waals surface area contributed by atoms with Gasteiger partial charge in [-0.25, -0.2) is 0 Å². The highest BCUT2D eigenvalue weighted by molar-refractivity contribution is 6.30. The topological polar surface area (TPSA) is 42.8 Å². The third-order valence-electron chi connectivity index (χ3n) is 3.68. The van der Waals surface area contributed by atoms with Crippen LogP contribution in [-0.2, 0) is 6.61 Å². The average Bonchev–Trinajstić information content (AvgIpc) is 2.68. The summed E-state index contributed by atoms with van der Waals surface area (Å²) in [6, 6.07) is 23.0. The van der Waals surface area contributed by atoms with Crippen LogP contribution in [0.15, 0.2) is 77.9 Å². The van der Waals surface area contributed by atoms with Crippen LogP contribution in [0.5, 0.6) is 11.5 Å². The number of hydrazone groups is 1. The van der Waals surface area contributed by atoms with E-state index >= 15 is 0 Å². The van der Waals surface area contributed by atoms with Gasteiger partial charge in [-0.15, -0.1) is 0 Å². The summed E-state index contributed by atoms with van der Waals surface area (Å²) in [5, 5.41) is 4.95. The van der Waals surface area contributed by atoms with E-state index < -0.39 is 0 Å². The summed E-state index contributed by atoms with van der Waals surface area (Å²) in [4.78, 5) is 0. The third-order valence-corrected chi connectivity index (χ3v) is 3.93. The van der Waals surface area contributed by atoms with Crippen LogP contribution in [0, 0.1) is 0 Å². The Labute approximate surface area is 158 Å². The number of nitrogens with zero attached hydrogens (tertiary/aromatic N) is 1. The number of hydrogen-bond acceptors (Lipinski definition) is 4. The molecule has 5 heteroatoms. The van der Waals surface area contributed by atoms with Gasteiger partial charge in [0.25, 0.3) is 0 Å². The Morgan fingerprint density at radius 2 is 1.73 bits per heavy atom. The standard InChI is InChI=1S/C21H19ClN2O2/c1-25-20-12-9-17(14-23-24-19-5-3-2-4-6-19)13-21(20)26-15-16-7-10-18(22)11-8-16/h2-14,24H,15H2,1H3. The van der Waals surface area contributed by atoms with Crippen molar-refractivity contribution in [2.24, 2.45) is 5.10 Å². The van der Waals surface area contributed by atoms with E-state index in [1.165, 1.54) is 0 Å². The number of nitrogens with one attached hydrogen (secondary N) is 1. The van der Waals surface area contributed by atoms with Gasteiger partial charge in [0, 0.05) is 5.02 Å². The van der Waals surface area contributed by atoms with Gasteiger partial charge in [-0.05, 0) is 53.6 Å². The van der Waals surface area contributed by atoms with Gasteiger partial charge in [0.05, 0.1) is 19.0 Å². The third kappa shape index (κ3) is 5.01. The van der Waals surface area contributed by atoms with Crippen LogP contribution >= 0.6 is 11.6 Å². The monoisotopic (exact) mass is 366 g/mol. The fourth-order valence-corrected chi connectivity index (χ4v) is 2.45. The second-order valence-electron chi connectivity index (χ2n) is 5.56. The first-order valence-corrected chi connectivity index (χ1v) is 8.52. The zero-order chi connectivity index (χ0) is 18.2. The number of methoxy groups -OCH3 is 1. The molecule has 4 nitrogen and oxygen atoms in total. The molecule has 0 saturated heterocycles. The zero-order valence-electron chi connectivity index (χ0n) is 14.4. The predicted octanol–water partition coefficient (Wildman–Crippen LogP) is 5.37. The van der Waals surface area contributed by atoms with Crippen molar-refractivity contribution in [3.05, 3.63) is 88.9 Å². The van der Waals surface area contributed by atoms with Crippen LogP contribution in [0.1, 0.15) is 11.1 Å². The fourth-order valence-electron chi connectivity index (χ4n) is 2.32. The molecule has 3 aromatic rings. The van der Waals surface area contributed by atoms with Crippen LogP contribution in [0.3, 0.4) is 0 Å². The molecule has 0 bridgehead atoms. The van der Waals surface area contributed by atoms with Gasteiger partial charge in [-0.2, -0.15) is 5.10 Å². The summed E-state index contributed by atoms with van der Waals surface area (Å²) in [5.74, 6) is 1.33. The smallest absolute Gasteiger partial charge is 0.162 e. The summed E-state index contributed by atoms with van der Waals surface area (Å²) >= 11 is 5.91. The number of benzene rings is 3. The molecule has 0 unspecified atom stereocenters. The summed E-state index contributed by atoms with van der Waals surface area (Å²) in [6.45, 7) is 0.427. The summed E-state index contributed by atoms with van der Waals surface area (Å²) in [6.07, 6.45) is 1.74. The highest BCUT2D eigenvalue weighted by Crippen LogP contribution is 2.28. The molecule has 0 aromatic heterocycles. The van der Waals surface area contributed by atoms with Gasteiger partial charge in [-0.1, -0.05) is 41.9 Å². The molecular weight excluding hydrogens is 348 g/mol. The van der Waals surface area contributed by atoms with Crippen LogP contribution in [0.25, 0.3) is 0 Å². The fraction of sp³-hybridized carbons (Fsp3) is 0.0952. The Morgan fingerprint density at radius 3 is 2.46 bits per heavy atom. The minimum atomic E-state index is 0.427. The number of rotatable bonds is 7. The lowest BCUT2D eigenvalue weighted by atomic mass is 10.2. The first-order valence-electron chi connectivity index (χ1n) is 8.14. The maximum atomic E-state index is 5.91. The second-order valence-corrected chi connectivity index (χ2v) is 6.00. The lowest BCUT2D eigenvalue weighted by Crippen LogP contribution is -1.99. The summed E-state index contributed by atoms with van der Waals surface area (Å²) in [5.41, 5.74) is 5.85. The van der Waals surface area contributed by atoms with Gasteiger partial charge >= 0.3 is 0 Å². The molecule has 26 heavy (non-hydrogen) atoms. The SMILES string of the molecule is COc1ccc(C=NNc2ccccc2)cc1OCc1ccc(Cl)cc1. The van der Waals surface area contributed by atoms with Crippen molar-refractivity contribution in [3.63, 3.8) is 0 Å². The molecule has 3 rings (SSSR count). The molecular formula is C21H19ClN2O2. The van der Waals surface area contributed by atoms with E-state index in [9.17, 15) is 0 Å². The van der Waals surface area contributed by atoms with Crippen molar-refractivity contribution in [3.8, 4) is 11.5 Å². The van der Waals surface area contributed by atoms with Crippen molar-refractivity contribution in [1.82, 2.24) is 0 Å². The Balaban J connectivity index is 1.68. The summed E-state index contributed by atoms with van der Waals surface area (Å²) < 4.78 is 11.3. The predicted molar refractivity (Wildman–Crippen MR) is 106 cm³/mol. The molecule has 0 aliphatic rings. The number of hydrogen-bond donors (Lipinski definition) is 1. The van der Waals surface area contributed by atoms with Gasteiger partial charge < -0.3 is 9.47 Å². The molecule has 0 fully saturated rings. The lowest BCUT2D eigenvalue weighted by Gasteiger charge is -2.11. The van der Waals surface area contributed by atoms with E-state index in [1.807, 2.05) is 72.8 Å². The number of ether oxygens (including phenoxy) is 2. The first kappa shape index (κ1) is 17.8. The zero-order valence-corrected chi connectivity index (χ0v) is 15.1. The quantitative estimate of drug-likeness (QED) is 0.451. The van der Waals surface area contributed by atoms with Gasteiger partial charge in [-0.3, -0.25) is 5.43 Å². The molecule has 0 saturated carbocycles. The Morgan fingerprint density at radius 1 is 0.962 bits per heavy atom. The van der Waals surface area contributed by atoms with Crippen LogP contribution in [0.2, 0.25) is 5.02 Å². The van der Waals surface area contributed by atoms with E-state index in [0.717, 1.165) is 16.8 Å². The molecule has 0 aliphatic heterocycles. The van der Waals surface area contributed by atoms with E-state index in [-0.39, 0.29) is 0 Å². The second kappa shape index (κ2) is 8.92. The van der Waals surface area contributed by atoms with Crippen molar-refractivity contribution in [2.45, 2.75) is 6.61 Å². The number of anilines is 1. The highest BCUT2D eigenvalue weighted by atomic mass is 35.5. The summed E-state index contributed by atoms with van der Waals surface area (Å²) in [7, 11) is 1.62. The Hall–Kier alpha value is -2.98. The van der Waals surface area contributed by atoms with Crippen molar-refractivity contribution in [1.29, 1.82) is 0 Å². The maximum absolute atomic E-state index is 5.91. The lowest BCUT2D eigenvalue weighted by molar-refractivity contribution is 0.284. The normalized spacial score (nSPS) is 10.7. The molecule has 3 aromatic carbocycles. The van der Waals surface area contributed by atoms with Crippen molar-refractivity contribution in [2.75, 3.05) is 12.5 Å². The Kier molecular flexibility index (Phi) is 6.12. The molecule has 0 heterocycles. The van der Waals surface area contributed by atoms with E-state index in [1.54, 1.807) is 13.3 Å². The molecule has 0 amide bonds. The molecule has 0 atom stereocenters. The largest absolute Gasteiger partial charge is 0.493 e. The highest BCUT2D eigenvalue weighted by Gasteiger charge is 2.06. The average molecular weight is 367 g/mol. The van der Waals surface area contributed by atoms with Gasteiger partial charge in [0.2, 0.25) is 0 Å². The van der Waals surface area contributed by atoms with Crippen LogP contribution in [-0.4, -0.2) is 13.3 Å². The van der Waals surface area contributed by atoms with E-state index in [2.05, 4.69) is 10.5 Å². The van der Waals surface area contributed by atoms with Crippen molar-refractivity contribution < 1.29 is 9.47 Å².